The number of ether oxygens (including phenoxy) is 1. The highest BCUT2D eigenvalue weighted by molar-refractivity contribution is 5.55. The van der Waals surface area contributed by atoms with E-state index >= 15 is 0 Å². The Balaban J connectivity index is 1.93. The molecule has 1 aromatic heterocycles. The molecule has 1 aliphatic rings. The van der Waals surface area contributed by atoms with Gasteiger partial charge in [0.15, 0.2) is 0 Å². The largest absolute Gasteiger partial charge is 0.371 e. The Kier molecular flexibility index (Phi) is 2.03. The number of aromatic nitrogens is 2. The third kappa shape index (κ3) is 1.78. The van der Waals surface area contributed by atoms with E-state index in [1.54, 1.807) is 0 Å². The van der Waals surface area contributed by atoms with E-state index in [0.717, 1.165) is 24.5 Å². The molecule has 2 heterocycles. The van der Waals surface area contributed by atoms with E-state index in [1.165, 1.54) is 0 Å². The summed E-state index contributed by atoms with van der Waals surface area (Å²) in [5.74, 6) is 1.02. The zero-order valence-corrected chi connectivity index (χ0v) is 8.34. The molecule has 1 aromatic carbocycles. The smallest absolute Gasteiger partial charge is 0.139 e. The molecule has 3 nitrogen and oxygen atoms in total. The minimum absolute atomic E-state index is 0.390. The monoisotopic (exact) mass is 200 g/mol. The molecule has 76 valence electrons. The van der Waals surface area contributed by atoms with Crippen molar-refractivity contribution in [2.24, 2.45) is 0 Å². The normalized spacial score (nSPS) is 19.1. The highest BCUT2D eigenvalue weighted by Crippen LogP contribution is 2.20. The summed E-state index contributed by atoms with van der Waals surface area (Å²) in [6, 6.07) is 10.2. The molecule has 0 spiro atoms. The molecule has 1 atom stereocenters. The van der Waals surface area contributed by atoms with Crippen molar-refractivity contribution < 1.29 is 4.74 Å². The van der Waals surface area contributed by atoms with Crippen molar-refractivity contribution in [2.45, 2.75) is 12.6 Å². The number of nitrogens with zero attached hydrogens (tertiary/aromatic N) is 2. The van der Waals surface area contributed by atoms with E-state index in [-0.39, 0.29) is 0 Å². The summed E-state index contributed by atoms with van der Waals surface area (Å²) >= 11 is 0. The van der Waals surface area contributed by atoms with Crippen LogP contribution in [0, 0.1) is 0 Å². The van der Waals surface area contributed by atoms with Gasteiger partial charge in [-0.15, -0.1) is 0 Å². The van der Waals surface area contributed by atoms with Crippen molar-refractivity contribution in [3.8, 4) is 11.4 Å². The minimum Gasteiger partial charge on any atom is -0.371 e. The van der Waals surface area contributed by atoms with Crippen LogP contribution in [-0.4, -0.2) is 22.3 Å². The van der Waals surface area contributed by atoms with Crippen LogP contribution in [-0.2, 0) is 11.3 Å². The number of imidazole rings is 1. The Morgan fingerprint density at radius 1 is 1.33 bits per heavy atom. The summed E-state index contributed by atoms with van der Waals surface area (Å²) in [5.41, 5.74) is 1.16. The van der Waals surface area contributed by atoms with Crippen molar-refractivity contribution in [2.75, 3.05) is 6.61 Å². The van der Waals surface area contributed by atoms with Crippen LogP contribution >= 0.6 is 0 Å². The minimum atomic E-state index is 0.390. The van der Waals surface area contributed by atoms with Gasteiger partial charge in [-0.2, -0.15) is 0 Å². The molecule has 2 aromatic rings. The van der Waals surface area contributed by atoms with Gasteiger partial charge >= 0.3 is 0 Å². The summed E-state index contributed by atoms with van der Waals surface area (Å²) < 4.78 is 7.37. The second-order valence-electron chi connectivity index (χ2n) is 3.72. The predicted octanol–water partition coefficient (Wildman–Crippen LogP) is 1.95. The number of benzene rings is 1. The van der Waals surface area contributed by atoms with E-state index in [2.05, 4.69) is 21.7 Å². The van der Waals surface area contributed by atoms with E-state index in [1.807, 2.05) is 30.6 Å². The molecule has 3 rings (SSSR count). The summed E-state index contributed by atoms with van der Waals surface area (Å²) in [6.45, 7) is 1.79. The first kappa shape index (κ1) is 8.68. The Labute approximate surface area is 88.3 Å². The summed E-state index contributed by atoms with van der Waals surface area (Å²) in [4.78, 5) is 4.37. The molecule has 0 amide bonds. The number of hydrogen-bond acceptors (Lipinski definition) is 2. The third-order valence-corrected chi connectivity index (χ3v) is 2.55. The van der Waals surface area contributed by atoms with Gasteiger partial charge in [-0.25, -0.2) is 4.98 Å². The maximum absolute atomic E-state index is 5.22. The molecule has 0 unspecified atom stereocenters. The van der Waals surface area contributed by atoms with Crippen LogP contribution in [0.1, 0.15) is 0 Å². The van der Waals surface area contributed by atoms with Crippen LogP contribution in [0.5, 0.6) is 0 Å². The fraction of sp³-hybridized carbons (Fsp3) is 0.250. The van der Waals surface area contributed by atoms with E-state index in [4.69, 9.17) is 4.74 Å². The molecule has 3 heteroatoms. The molecular weight excluding hydrogens is 188 g/mol. The lowest BCUT2D eigenvalue weighted by molar-refractivity contribution is 0.383. The van der Waals surface area contributed by atoms with Gasteiger partial charge < -0.3 is 9.30 Å². The lowest BCUT2D eigenvalue weighted by atomic mass is 10.2. The SMILES string of the molecule is c1ccc(-c2nccn2C[C@H]2CO2)cc1. The van der Waals surface area contributed by atoms with Gasteiger partial charge in [0.1, 0.15) is 5.82 Å². The number of epoxide rings is 1. The van der Waals surface area contributed by atoms with Gasteiger partial charge in [0.25, 0.3) is 0 Å². The van der Waals surface area contributed by atoms with Crippen molar-refractivity contribution in [1.29, 1.82) is 0 Å². The summed E-state index contributed by atoms with van der Waals surface area (Å²) in [7, 11) is 0. The molecule has 0 aliphatic carbocycles. The van der Waals surface area contributed by atoms with E-state index in [9.17, 15) is 0 Å². The second kappa shape index (κ2) is 3.51. The second-order valence-corrected chi connectivity index (χ2v) is 3.72. The molecule has 1 fully saturated rings. The fourth-order valence-corrected chi connectivity index (χ4v) is 1.70. The van der Waals surface area contributed by atoms with Gasteiger partial charge in [-0.05, 0) is 0 Å². The maximum atomic E-state index is 5.22. The Morgan fingerprint density at radius 2 is 2.13 bits per heavy atom. The average Bonchev–Trinajstić information content (AvgIpc) is 2.96. The molecule has 0 saturated carbocycles. The quantitative estimate of drug-likeness (QED) is 0.709. The fourth-order valence-electron chi connectivity index (χ4n) is 1.70. The van der Waals surface area contributed by atoms with Crippen molar-refractivity contribution in [3.05, 3.63) is 42.7 Å². The molecule has 0 radical (unpaired) electrons. The predicted molar refractivity (Wildman–Crippen MR) is 57.4 cm³/mol. The van der Waals surface area contributed by atoms with Gasteiger partial charge in [0.2, 0.25) is 0 Å². The Morgan fingerprint density at radius 3 is 2.87 bits per heavy atom. The first-order valence-electron chi connectivity index (χ1n) is 5.11. The zero-order valence-electron chi connectivity index (χ0n) is 8.34. The standard InChI is InChI=1S/C12H12N2O/c1-2-4-10(5-3-1)12-13-6-7-14(12)8-11-9-15-11/h1-7,11H,8-9H2/t11-/m0/s1. The van der Waals surface area contributed by atoms with Gasteiger partial charge in [-0.1, -0.05) is 30.3 Å². The lowest BCUT2D eigenvalue weighted by Crippen LogP contribution is -2.04. The van der Waals surface area contributed by atoms with Gasteiger partial charge in [0.05, 0.1) is 19.3 Å². The van der Waals surface area contributed by atoms with E-state index in [0.29, 0.717) is 6.10 Å². The Hall–Kier alpha value is -1.61. The molecule has 1 aliphatic heterocycles. The molecular formula is C12H12N2O. The van der Waals surface area contributed by atoms with Crippen LogP contribution < -0.4 is 0 Å². The number of hydrogen-bond donors (Lipinski definition) is 0. The van der Waals surface area contributed by atoms with Gasteiger partial charge in [0, 0.05) is 18.0 Å². The molecule has 15 heavy (non-hydrogen) atoms. The topological polar surface area (TPSA) is 30.4 Å². The van der Waals surface area contributed by atoms with Crippen molar-refractivity contribution in [1.82, 2.24) is 9.55 Å². The van der Waals surface area contributed by atoms with Crippen LogP contribution in [0.25, 0.3) is 11.4 Å². The molecule has 0 bridgehead atoms. The molecule has 1 saturated heterocycles. The highest BCUT2D eigenvalue weighted by Gasteiger charge is 2.23. The zero-order chi connectivity index (χ0) is 10.1. The summed E-state index contributed by atoms with van der Waals surface area (Å²) in [5, 5.41) is 0. The lowest BCUT2D eigenvalue weighted by Gasteiger charge is -2.05. The van der Waals surface area contributed by atoms with Crippen molar-refractivity contribution >= 4 is 0 Å². The summed E-state index contributed by atoms with van der Waals surface area (Å²) in [6.07, 6.45) is 4.23. The van der Waals surface area contributed by atoms with Crippen LogP contribution in [0.3, 0.4) is 0 Å². The van der Waals surface area contributed by atoms with Crippen LogP contribution in [0.4, 0.5) is 0 Å². The third-order valence-electron chi connectivity index (χ3n) is 2.55. The van der Waals surface area contributed by atoms with Crippen molar-refractivity contribution in [3.63, 3.8) is 0 Å². The Bertz CT molecular complexity index is 446. The maximum Gasteiger partial charge on any atom is 0.139 e. The van der Waals surface area contributed by atoms with E-state index < -0.39 is 0 Å². The highest BCUT2D eigenvalue weighted by atomic mass is 16.6. The molecule has 0 N–H and O–H groups in total. The van der Waals surface area contributed by atoms with Crippen LogP contribution in [0.2, 0.25) is 0 Å². The van der Waals surface area contributed by atoms with Gasteiger partial charge in [-0.3, -0.25) is 0 Å². The van der Waals surface area contributed by atoms with Crippen LogP contribution in [0.15, 0.2) is 42.7 Å². The first-order chi connectivity index (χ1) is 7.43. The number of rotatable bonds is 3. The first-order valence-corrected chi connectivity index (χ1v) is 5.11. The average molecular weight is 200 g/mol.